The molecule has 2 N–H and O–H groups in total. The lowest BCUT2D eigenvalue weighted by atomic mass is 10.1. The zero-order valence-electron chi connectivity index (χ0n) is 16.5. The molecule has 1 aromatic carbocycles. The summed E-state index contributed by atoms with van der Waals surface area (Å²) < 4.78 is 67.2. The number of nitrogens with one attached hydrogen (secondary N) is 1. The van der Waals surface area contributed by atoms with Crippen LogP contribution in [0.15, 0.2) is 29.3 Å². The number of halogens is 3. The molecule has 0 bridgehead atoms. The van der Waals surface area contributed by atoms with Crippen LogP contribution >= 0.6 is 0 Å². The van der Waals surface area contributed by atoms with Crippen LogP contribution in [0.5, 0.6) is 0 Å². The van der Waals surface area contributed by atoms with Gasteiger partial charge in [-0.05, 0) is 44.5 Å². The fraction of sp³-hybridized carbons (Fsp3) is 0.450. The van der Waals surface area contributed by atoms with Crippen LogP contribution in [0.1, 0.15) is 30.0 Å². The van der Waals surface area contributed by atoms with Gasteiger partial charge in [0, 0.05) is 23.6 Å². The van der Waals surface area contributed by atoms with Crippen molar-refractivity contribution in [3.63, 3.8) is 0 Å². The molecule has 1 fully saturated rings. The number of alkyl halides is 3. The van der Waals surface area contributed by atoms with E-state index in [1.165, 1.54) is 0 Å². The molecule has 2 aromatic heterocycles. The van der Waals surface area contributed by atoms with Crippen LogP contribution in [-0.4, -0.2) is 48.5 Å². The van der Waals surface area contributed by atoms with Gasteiger partial charge in [-0.25, -0.2) is 13.4 Å². The summed E-state index contributed by atoms with van der Waals surface area (Å²) in [6, 6.07) is 5.81. The number of β-amino-alcohol motifs (C(OH)–C–C–N with tert-alkyl or cyclic N) is 1. The highest BCUT2D eigenvalue weighted by Crippen LogP contribution is 2.40. The molecule has 0 amide bonds. The van der Waals surface area contributed by atoms with E-state index in [0.717, 1.165) is 24.3 Å². The average molecular weight is 441 g/mol. The molecule has 162 valence electrons. The first-order valence-corrected chi connectivity index (χ1v) is 11.5. The van der Waals surface area contributed by atoms with Crippen LogP contribution in [0.25, 0.3) is 21.9 Å². The quantitative estimate of drug-likeness (QED) is 0.638. The second-order valence-electron chi connectivity index (χ2n) is 7.85. The van der Waals surface area contributed by atoms with Gasteiger partial charge in [-0.1, -0.05) is 11.6 Å². The molecule has 30 heavy (non-hydrogen) atoms. The number of hydrogen-bond donors (Lipinski definition) is 2. The molecule has 1 aliphatic rings. The highest BCUT2D eigenvalue weighted by Gasteiger charge is 2.39. The Morgan fingerprint density at radius 1 is 1.23 bits per heavy atom. The minimum absolute atomic E-state index is 0.134. The molecular formula is C20H22F3N3O3S. The SMILES string of the molecule is Cc1ccc2c(c1)c1cc(C(F)(F)F)c(S(C)(=O)=O)nc1n2[C@@H]1CCCNC[C@H]1O. The maximum absolute atomic E-state index is 13.7. The first-order valence-electron chi connectivity index (χ1n) is 9.60. The second-order valence-corrected chi connectivity index (χ2v) is 9.78. The van der Waals surface area contributed by atoms with Gasteiger partial charge in [-0.15, -0.1) is 0 Å². The number of rotatable bonds is 2. The van der Waals surface area contributed by atoms with E-state index in [-0.39, 0.29) is 11.0 Å². The molecule has 1 aliphatic heterocycles. The third-order valence-electron chi connectivity index (χ3n) is 5.54. The highest BCUT2D eigenvalue weighted by molar-refractivity contribution is 7.90. The standard InChI is InChI=1S/C20H22F3N3O3S/c1-11-5-6-15-12(8-11)13-9-14(20(21,22)23)19(30(2,28)29)25-18(13)26(15)16-4-3-7-24-10-17(16)27/h5-6,8-9,16-17,24,27H,3-4,7,10H2,1-2H3/t16-,17-/m1/s1. The Bertz CT molecular complexity index is 1240. The van der Waals surface area contributed by atoms with Gasteiger partial charge in [0.15, 0.2) is 14.9 Å². The summed E-state index contributed by atoms with van der Waals surface area (Å²) in [5, 5.41) is 13.6. The van der Waals surface area contributed by atoms with E-state index >= 15 is 0 Å². The Balaban J connectivity index is 2.15. The molecule has 6 nitrogen and oxygen atoms in total. The van der Waals surface area contributed by atoms with Crippen LogP contribution in [0.3, 0.4) is 0 Å². The molecule has 0 aliphatic carbocycles. The third-order valence-corrected chi connectivity index (χ3v) is 6.55. The third kappa shape index (κ3) is 3.57. The number of pyridine rings is 1. The van der Waals surface area contributed by atoms with Crippen molar-refractivity contribution in [2.45, 2.75) is 43.1 Å². The number of hydrogen-bond acceptors (Lipinski definition) is 5. The topological polar surface area (TPSA) is 84.2 Å². The Morgan fingerprint density at radius 2 is 1.97 bits per heavy atom. The average Bonchev–Trinajstić information content (AvgIpc) is 2.78. The van der Waals surface area contributed by atoms with Crippen LogP contribution in [0.2, 0.25) is 0 Å². The number of sulfone groups is 1. The maximum atomic E-state index is 13.7. The minimum atomic E-state index is -4.87. The van der Waals surface area contributed by atoms with Crippen molar-refractivity contribution >= 4 is 31.8 Å². The second kappa shape index (κ2) is 7.21. The first kappa shape index (κ1) is 21.1. The lowest BCUT2D eigenvalue weighted by molar-refractivity contribution is -0.140. The summed E-state index contributed by atoms with van der Waals surface area (Å²) in [6.45, 7) is 2.87. The lowest BCUT2D eigenvalue weighted by Gasteiger charge is -2.24. The van der Waals surface area contributed by atoms with E-state index < -0.39 is 38.7 Å². The summed E-state index contributed by atoms with van der Waals surface area (Å²) >= 11 is 0. The molecular weight excluding hydrogens is 419 g/mol. The van der Waals surface area contributed by atoms with E-state index in [2.05, 4.69) is 10.3 Å². The van der Waals surface area contributed by atoms with E-state index in [4.69, 9.17) is 0 Å². The predicted molar refractivity (Wildman–Crippen MR) is 107 cm³/mol. The molecule has 0 saturated carbocycles. The Hall–Kier alpha value is -2.17. The van der Waals surface area contributed by atoms with Crippen molar-refractivity contribution < 1.29 is 26.7 Å². The fourth-order valence-electron chi connectivity index (χ4n) is 4.20. The van der Waals surface area contributed by atoms with Crippen molar-refractivity contribution in [2.75, 3.05) is 19.3 Å². The van der Waals surface area contributed by atoms with Crippen LogP contribution in [0, 0.1) is 6.92 Å². The van der Waals surface area contributed by atoms with Gasteiger partial charge in [0.05, 0.1) is 23.2 Å². The number of nitrogens with zero attached hydrogens (tertiary/aromatic N) is 2. The van der Waals surface area contributed by atoms with Crippen LogP contribution in [-0.2, 0) is 16.0 Å². The summed E-state index contributed by atoms with van der Waals surface area (Å²) in [5.74, 6) is 0. The molecule has 4 rings (SSSR count). The molecule has 0 unspecified atom stereocenters. The van der Waals surface area contributed by atoms with Crippen LogP contribution in [0.4, 0.5) is 13.2 Å². The fourth-order valence-corrected chi connectivity index (χ4v) is 5.02. The van der Waals surface area contributed by atoms with Gasteiger partial charge in [0.1, 0.15) is 5.65 Å². The molecule has 0 spiro atoms. The number of aromatic nitrogens is 2. The molecule has 1 saturated heterocycles. The predicted octanol–water partition coefficient (Wildman–Crippen LogP) is 3.21. The van der Waals surface area contributed by atoms with Crippen molar-refractivity contribution in [2.24, 2.45) is 0 Å². The van der Waals surface area contributed by atoms with E-state index in [0.29, 0.717) is 30.4 Å². The van der Waals surface area contributed by atoms with Gasteiger partial charge in [-0.2, -0.15) is 13.2 Å². The summed E-state index contributed by atoms with van der Waals surface area (Å²) in [7, 11) is -4.24. The largest absolute Gasteiger partial charge is 0.419 e. The van der Waals surface area contributed by atoms with Gasteiger partial charge in [0.2, 0.25) is 0 Å². The van der Waals surface area contributed by atoms with E-state index in [1.807, 2.05) is 13.0 Å². The summed E-state index contributed by atoms with van der Waals surface area (Å²) in [5.41, 5.74) is 0.328. The Kier molecular flexibility index (Phi) is 5.06. The normalized spacial score (nSPS) is 21.3. The van der Waals surface area contributed by atoms with Gasteiger partial charge in [0.25, 0.3) is 0 Å². The van der Waals surface area contributed by atoms with Gasteiger partial charge >= 0.3 is 6.18 Å². The molecule has 3 aromatic rings. The number of aliphatic hydroxyl groups is 1. The lowest BCUT2D eigenvalue weighted by Crippen LogP contribution is -2.31. The molecule has 3 heterocycles. The molecule has 0 radical (unpaired) electrons. The number of benzene rings is 1. The van der Waals surface area contributed by atoms with Crippen LogP contribution < -0.4 is 5.32 Å². The monoisotopic (exact) mass is 441 g/mol. The van der Waals surface area contributed by atoms with E-state index in [9.17, 15) is 26.7 Å². The Morgan fingerprint density at radius 3 is 2.63 bits per heavy atom. The summed E-state index contributed by atoms with van der Waals surface area (Å²) in [4.78, 5) is 4.04. The Labute approximate surface area is 171 Å². The zero-order chi connectivity index (χ0) is 21.8. The number of aliphatic hydroxyl groups excluding tert-OH is 1. The molecule has 10 heteroatoms. The summed E-state index contributed by atoms with van der Waals surface area (Å²) in [6.07, 6.45) is -3.60. The number of aryl methyl sites for hydroxylation is 1. The first-order chi connectivity index (χ1) is 14.0. The minimum Gasteiger partial charge on any atom is -0.390 e. The van der Waals surface area contributed by atoms with Crippen molar-refractivity contribution in [1.29, 1.82) is 0 Å². The van der Waals surface area contributed by atoms with Crippen molar-refractivity contribution in [3.8, 4) is 0 Å². The maximum Gasteiger partial charge on any atom is 0.419 e. The number of fused-ring (bicyclic) bond motifs is 3. The van der Waals surface area contributed by atoms with E-state index in [1.54, 1.807) is 16.7 Å². The van der Waals surface area contributed by atoms with Crippen molar-refractivity contribution in [3.05, 3.63) is 35.4 Å². The van der Waals surface area contributed by atoms with Gasteiger partial charge in [-0.3, -0.25) is 0 Å². The smallest absolute Gasteiger partial charge is 0.390 e. The molecule has 2 atom stereocenters. The van der Waals surface area contributed by atoms with Gasteiger partial charge < -0.3 is 15.0 Å². The van der Waals surface area contributed by atoms with Crippen molar-refractivity contribution in [1.82, 2.24) is 14.9 Å². The highest BCUT2D eigenvalue weighted by atomic mass is 32.2. The zero-order valence-corrected chi connectivity index (χ0v) is 17.3.